The SMILES string of the molecule is CC(C)CCCCCC(=O)Oc1ccccc1. The first-order chi connectivity index (χ1) is 8.18. The van der Waals surface area contributed by atoms with Gasteiger partial charge >= 0.3 is 5.97 Å². The fourth-order valence-corrected chi connectivity index (χ4v) is 1.67. The van der Waals surface area contributed by atoms with E-state index in [1.807, 2.05) is 18.2 Å². The Bertz CT molecular complexity index is 317. The van der Waals surface area contributed by atoms with Crippen LogP contribution in [0, 0.1) is 5.92 Å². The average Bonchev–Trinajstić information content (AvgIpc) is 2.29. The molecule has 0 heterocycles. The molecule has 1 rings (SSSR count). The topological polar surface area (TPSA) is 26.3 Å². The van der Waals surface area contributed by atoms with Gasteiger partial charge in [-0.2, -0.15) is 0 Å². The number of carbonyl (C=O) groups is 1. The van der Waals surface area contributed by atoms with Crippen molar-refractivity contribution < 1.29 is 9.53 Å². The second-order valence-corrected chi connectivity index (χ2v) is 4.78. The Kier molecular flexibility index (Phi) is 6.38. The fraction of sp³-hybridized carbons (Fsp3) is 0.533. The Morgan fingerprint density at radius 1 is 1.12 bits per heavy atom. The van der Waals surface area contributed by atoms with Crippen molar-refractivity contribution in [2.75, 3.05) is 0 Å². The molecule has 1 aromatic carbocycles. The van der Waals surface area contributed by atoms with E-state index in [-0.39, 0.29) is 5.97 Å². The quantitative estimate of drug-likeness (QED) is 0.401. The zero-order chi connectivity index (χ0) is 12.5. The second-order valence-electron chi connectivity index (χ2n) is 4.78. The molecule has 0 unspecified atom stereocenters. The molecule has 0 fully saturated rings. The van der Waals surface area contributed by atoms with Crippen LogP contribution in [0.3, 0.4) is 0 Å². The molecule has 17 heavy (non-hydrogen) atoms. The number of hydrogen-bond acceptors (Lipinski definition) is 2. The minimum absolute atomic E-state index is 0.124. The molecule has 0 bridgehead atoms. The lowest BCUT2D eigenvalue weighted by molar-refractivity contribution is -0.134. The number of benzene rings is 1. The van der Waals surface area contributed by atoms with E-state index in [1.54, 1.807) is 12.1 Å². The highest BCUT2D eigenvalue weighted by atomic mass is 16.5. The Morgan fingerprint density at radius 2 is 1.82 bits per heavy atom. The first-order valence-electron chi connectivity index (χ1n) is 6.44. The Morgan fingerprint density at radius 3 is 2.47 bits per heavy atom. The smallest absolute Gasteiger partial charge is 0.311 e. The van der Waals surface area contributed by atoms with Gasteiger partial charge in [-0.3, -0.25) is 4.79 Å². The summed E-state index contributed by atoms with van der Waals surface area (Å²) in [5.74, 6) is 1.27. The van der Waals surface area contributed by atoms with Gasteiger partial charge < -0.3 is 4.74 Å². The van der Waals surface area contributed by atoms with Crippen molar-refractivity contribution >= 4 is 5.97 Å². The van der Waals surface area contributed by atoms with Crippen LogP contribution >= 0.6 is 0 Å². The molecule has 0 N–H and O–H groups in total. The highest BCUT2D eigenvalue weighted by molar-refractivity contribution is 5.72. The molecule has 94 valence electrons. The summed E-state index contributed by atoms with van der Waals surface area (Å²) in [5.41, 5.74) is 0. The van der Waals surface area contributed by atoms with Gasteiger partial charge in [0.1, 0.15) is 5.75 Å². The summed E-state index contributed by atoms with van der Waals surface area (Å²) >= 11 is 0. The Hall–Kier alpha value is -1.31. The van der Waals surface area contributed by atoms with Crippen LogP contribution in [0.25, 0.3) is 0 Å². The third-order valence-corrected chi connectivity index (χ3v) is 2.64. The molecule has 0 atom stereocenters. The molecule has 2 nitrogen and oxygen atoms in total. The third-order valence-electron chi connectivity index (χ3n) is 2.64. The zero-order valence-corrected chi connectivity index (χ0v) is 10.8. The summed E-state index contributed by atoms with van der Waals surface area (Å²) in [6.07, 6.45) is 5.01. The molecule has 0 saturated carbocycles. The van der Waals surface area contributed by atoms with E-state index in [9.17, 15) is 4.79 Å². The van der Waals surface area contributed by atoms with E-state index in [0.29, 0.717) is 12.2 Å². The van der Waals surface area contributed by atoms with Crippen molar-refractivity contribution in [3.63, 3.8) is 0 Å². The normalized spacial score (nSPS) is 10.5. The van der Waals surface area contributed by atoms with Crippen LogP contribution in [0.4, 0.5) is 0 Å². The molecule has 0 saturated heterocycles. The van der Waals surface area contributed by atoms with Crippen LogP contribution in [-0.2, 0) is 4.79 Å². The minimum Gasteiger partial charge on any atom is -0.427 e. The molecule has 1 aromatic rings. The second kappa shape index (κ2) is 7.88. The monoisotopic (exact) mass is 234 g/mol. The van der Waals surface area contributed by atoms with Crippen LogP contribution in [0.15, 0.2) is 30.3 Å². The highest BCUT2D eigenvalue weighted by Crippen LogP contribution is 2.12. The molecule has 0 amide bonds. The number of rotatable bonds is 7. The van der Waals surface area contributed by atoms with E-state index in [4.69, 9.17) is 4.74 Å². The molecular formula is C15H22O2. The van der Waals surface area contributed by atoms with Crippen molar-refractivity contribution in [3.05, 3.63) is 30.3 Å². The van der Waals surface area contributed by atoms with Gasteiger partial charge in [-0.15, -0.1) is 0 Å². The van der Waals surface area contributed by atoms with Crippen molar-refractivity contribution in [2.45, 2.75) is 46.0 Å². The van der Waals surface area contributed by atoms with Gasteiger partial charge in [-0.1, -0.05) is 51.3 Å². The van der Waals surface area contributed by atoms with Gasteiger partial charge in [0, 0.05) is 6.42 Å². The molecule has 0 aliphatic heterocycles. The van der Waals surface area contributed by atoms with Crippen LogP contribution in [0.1, 0.15) is 46.0 Å². The largest absolute Gasteiger partial charge is 0.427 e. The predicted molar refractivity (Wildman–Crippen MR) is 70.0 cm³/mol. The van der Waals surface area contributed by atoms with E-state index >= 15 is 0 Å². The molecule has 0 spiro atoms. The standard InChI is InChI=1S/C15H22O2/c1-13(2)9-5-3-8-12-15(16)17-14-10-6-4-7-11-14/h4,6-7,10-11,13H,3,5,8-9,12H2,1-2H3. The first-order valence-corrected chi connectivity index (χ1v) is 6.44. The van der Waals surface area contributed by atoms with E-state index < -0.39 is 0 Å². The molecule has 0 radical (unpaired) electrons. The number of carbonyl (C=O) groups excluding carboxylic acids is 1. The van der Waals surface area contributed by atoms with Gasteiger partial charge in [0.2, 0.25) is 0 Å². The van der Waals surface area contributed by atoms with E-state index in [0.717, 1.165) is 18.8 Å². The molecule has 0 aliphatic rings. The number of ether oxygens (including phenoxy) is 1. The molecular weight excluding hydrogens is 212 g/mol. The molecule has 0 aliphatic carbocycles. The maximum atomic E-state index is 11.5. The summed E-state index contributed by atoms with van der Waals surface area (Å²) in [5, 5.41) is 0. The van der Waals surface area contributed by atoms with Crippen LogP contribution in [-0.4, -0.2) is 5.97 Å². The highest BCUT2D eigenvalue weighted by Gasteiger charge is 2.04. The Labute approximate surface area is 104 Å². The van der Waals surface area contributed by atoms with Gasteiger partial charge in [-0.25, -0.2) is 0 Å². The minimum atomic E-state index is -0.124. The maximum absolute atomic E-state index is 11.5. The van der Waals surface area contributed by atoms with Crippen LogP contribution in [0.5, 0.6) is 5.75 Å². The zero-order valence-electron chi connectivity index (χ0n) is 10.8. The lowest BCUT2D eigenvalue weighted by atomic mass is 10.0. The molecule has 2 heteroatoms. The third kappa shape index (κ3) is 6.77. The number of para-hydroxylation sites is 1. The average molecular weight is 234 g/mol. The summed E-state index contributed by atoms with van der Waals surface area (Å²) in [4.78, 5) is 11.5. The summed E-state index contributed by atoms with van der Waals surface area (Å²) < 4.78 is 5.20. The van der Waals surface area contributed by atoms with E-state index in [1.165, 1.54) is 12.8 Å². The van der Waals surface area contributed by atoms with Crippen LogP contribution < -0.4 is 4.74 Å². The van der Waals surface area contributed by atoms with Crippen molar-refractivity contribution in [3.8, 4) is 5.75 Å². The van der Waals surface area contributed by atoms with Gasteiger partial charge in [-0.05, 0) is 24.5 Å². The fourth-order valence-electron chi connectivity index (χ4n) is 1.67. The van der Waals surface area contributed by atoms with Gasteiger partial charge in [0.15, 0.2) is 0 Å². The van der Waals surface area contributed by atoms with Gasteiger partial charge in [0.25, 0.3) is 0 Å². The number of esters is 1. The number of hydrogen-bond donors (Lipinski definition) is 0. The van der Waals surface area contributed by atoms with Crippen LogP contribution in [0.2, 0.25) is 0 Å². The molecule has 0 aromatic heterocycles. The summed E-state index contributed by atoms with van der Waals surface area (Å²) in [6, 6.07) is 9.24. The summed E-state index contributed by atoms with van der Waals surface area (Å²) in [7, 11) is 0. The maximum Gasteiger partial charge on any atom is 0.311 e. The Balaban J connectivity index is 2.10. The predicted octanol–water partition coefficient (Wildman–Crippen LogP) is 4.20. The van der Waals surface area contributed by atoms with E-state index in [2.05, 4.69) is 13.8 Å². The first kappa shape index (κ1) is 13.8. The lowest BCUT2D eigenvalue weighted by Gasteiger charge is -2.05. The summed E-state index contributed by atoms with van der Waals surface area (Å²) in [6.45, 7) is 4.45. The van der Waals surface area contributed by atoms with Crippen molar-refractivity contribution in [2.24, 2.45) is 5.92 Å². The number of unbranched alkanes of at least 4 members (excludes halogenated alkanes) is 2. The lowest BCUT2D eigenvalue weighted by Crippen LogP contribution is -2.07. The van der Waals surface area contributed by atoms with Crippen molar-refractivity contribution in [1.29, 1.82) is 0 Å². The van der Waals surface area contributed by atoms with Crippen molar-refractivity contribution in [1.82, 2.24) is 0 Å². The van der Waals surface area contributed by atoms with Gasteiger partial charge in [0.05, 0.1) is 0 Å².